The fourth-order valence-electron chi connectivity index (χ4n) is 5.06. The smallest absolute Gasteiger partial charge is 0.467 e. The fourth-order valence-corrected chi connectivity index (χ4v) is 6.12. The molecule has 0 bridgehead atoms. The summed E-state index contributed by atoms with van der Waals surface area (Å²) in [6, 6.07) is 31.0. The summed E-state index contributed by atoms with van der Waals surface area (Å²) >= 11 is 1.72. The SMILES string of the molecule is CC(C)c1cccc(C(C)C)c1-c1cnn(-c2cccc(Oc3cccc(B4Oc5ccccc5S4)c3)c2)c1. The number of fused-ring (bicyclic) bond motifs is 1. The standard InChI is InChI=1S/C33H31BN2O2S/c1-22(2)29-14-9-15-30(23(3)4)33(29)24-20-35-36(21-24)26-11-8-13-28(19-26)37-27-12-7-10-25(18-27)34-38-31-16-5-6-17-32(31)39-34/h5-23H,1-4H3. The third-order valence-electron chi connectivity index (χ3n) is 7.01. The van der Waals surface area contributed by atoms with Crippen molar-refractivity contribution in [2.75, 3.05) is 0 Å². The molecular formula is C33H31BN2O2S. The zero-order valence-electron chi connectivity index (χ0n) is 22.7. The number of nitrogens with zero attached hydrogens (tertiary/aromatic N) is 2. The highest BCUT2D eigenvalue weighted by molar-refractivity contribution is 8.26. The molecule has 39 heavy (non-hydrogen) atoms. The molecular weight excluding hydrogens is 499 g/mol. The van der Waals surface area contributed by atoms with Gasteiger partial charge in [0.05, 0.1) is 11.9 Å². The number of benzene rings is 4. The topological polar surface area (TPSA) is 36.3 Å². The quantitative estimate of drug-likeness (QED) is 0.198. The highest BCUT2D eigenvalue weighted by Gasteiger charge is 2.31. The first-order chi connectivity index (χ1) is 19.0. The largest absolute Gasteiger partial charge is 0.546 e. The van der Waals surface area contributed by atoms with Gasteiger partial charge in [-0.1, -0.05) is 76.2 Å². The second kappa shape index (κ2) is 10.7. The lowest BCUT2D eigenvalue weighted by atomic mass is 9.86. The Hall–Kier alpha value is -3.90. The van der Waals surface area contributed by atoms with Crippen LogP contribution in [0.2, 0.25) is 0 Å². The van der Waals surface area contributed by atoms with Crippen LogP contribution in [0.4, 0.5) is 0 Å². The Balaban J connectivity index is 1.25. The zero-order chi connectivity index (χ0) is 26.9. The van der Waals surface area contributed by atoms with Crippen molar-refractivity contribution in [3.05, 3.63) is 115 Å². The molecule has 194 valence electrons. The summed E-state index contributed by atoms with van der Waals surface area (Å²) in [5.74, 6) is 3.32. The van der Waals surface area contributed by atoms with Crippen molar-refractivity contribution >= 4 is 23.3 Å². The van der Waals surface area contributed by atoms with E-state index >= 15 is 0 Å². The number of ether oxygens (including phenoxy) is 1. The second-order valence-corrected chi connectivity index (χ2v) is 11.6. The van der Waals surface area contributed by atoms with Gasteiger partial charge in [0, 0.05) is 22.7 Å². The third kappa shape index (κ3) is 5.21. The number of hydrogen-bond donors (Lipinski definition) is 0. The first-order valence-corrected chi connectivity index (χ1v) is 14.3. The summed E-state index contributed by atoms with van der Waals surface area (Å²) in [4.78, 5) is 1.16. The maximum absolute atomic E-state index is 6.30. The van der Waals surface area contributed by atoms with Gasteiger partial charge in [0.25, 0.3) is 0 Å². The molecule has 2 heterocycles. The second-order valence-electron chi connectivity index (χ2n) is 10.5. The van der Waals surface area contributed by atoms with E-state index in [1.165, 1.54) is 16.7 Å². The van der Waals surface area contributed by atoms with Crippen LogP contribution in [0.25, 0.3) is 16.8 Å². The lowest BCUT2D eigenvalue weighted by Crippen LogP contribution is -2.30. The summed E-state index contributed by atoms with van der Waals surface area (Å²) in [7, 11) is 0. The van der Waals surface area contributed by atoms with Gasteiger partial charge < -0.3 is 9.39 Å². The summed E-state index contributed by atoms with van der Waals surface area (Å²) in [6.07, 6.45) is 4.02. The van der Waals surface area contributed by atoms with Crippen LogP contribution in [0.15, 0.2) is 108 Å². The van der Waals surface area contributed by atoms with Crippen molar-refractivity contribution in [2.24, 2.45) is 0 Å². The molecule has 0 N–H and O–H groups in total. The molecule has 1 aromatic heterocycles. The predicted octanol–water partition coefficient (Wildman–Crippen LogP) is 8.46. The van der Waals surface area contributed by atoms with E-state index in [1.807, 2.05) is 59.4 Å². The lowest BCUT2D eigenvalue weighted by molar-refractivity contribution is 0.482. The summed E-state index contributed by atoms with van der Waals surface area (Å²) in [6.45, 7) is 9.00. The van der Waals surface area contributed by atoms with Crippen molar-refractivity contribution < 1.29 is 9.39 Å². The van der Waals surface area contributed by atoms with Crippen LogP contribution in [-0.4, -0.2) is 16.0 Å². The molecule has 5 aromatic rings. The summed E-state index contributed by atoms with van der Waals surface area (Å²) < 4.78 is 14.4. The predicted molar refractivity (Wildman–Crippen MR) is 162 cm³/mol. The average Bonchev–Trinajstić information content (AvgIpc) is 3.61. The number of hydrogen-bond acceptors (Lipinski definition) is 4. The molecule has 0 saturated heterocycles. The van der Waals surface area contributed by atoms with E-state index in [-0.39, 0.29) is 6.19 Å². The van der Waals surface area contributed by atoms with Gasteiger partial charge >= 0.3 is 6.19 Å². The molecule has 0 amide bonds. The van der Waals surface area contributed by atoms with E-state index in [4.69, 9.17) is 14.5 Å². The molecule has 0 fully saturated rings. The minimum atomic E-state index is -0.0794. The Morgan fingerprint density at radius 3 is 2.23 bits per heavy atom. The Kier molecular flexibility index (Phi) is 6.96. The van der Waals surface area contributed by atoms with Crippen LogP contribution in [0.1, 0.15) is 50.7 Å². The molecule has 0 spiro atoms. The molecule has 0 radical (unpaired) electrons. The molecule has 0 aliphatic carbocycles. The Bertz CT molecular complexity index is 1580. The van der Waals surface area contributed by atoms with Gasteiger partial charge in [-0.2, -0.15) is 5.10 Å². The van der Waals surface area contributed by atoms with E-state index < -0.39 is 0 Å². The molecule has 6 heteroatoms. The normalized spacial score (nSPS) is 12.6. The van der Waals surface area contributed by atoms with Gasteiger partial charge in [-0.05, 0) is 70.4 Å². The summed E-state index contributed by atoms with van der Waals surface area (Å²) in [5, 5.41) is 4.74. The summed E-state index contributed by atoms with van der Waals surface area (Å²) in [5.41, 5.74) is 7.17. The fraction of sp³-hybridized carbons (Fsp3) is 0.182. The maximum atomic E-state index is 6.30. The van der Waals surface area contributed by atoms with Crippen LogP contribution in [0.5, 0.6) is 17.2 Å². The van der Waals surface area contributed by atoms with Crippen LogP contribution in [0, 0.1) is 0 Å². The molecule has 0 atom stereocenters. The van der Waals surface area contributed by atoms with Gasteiger partial charge in [-0.15, -0.1) is 11.6 Å². The highest BCUT2D eigenvalue weighted by atomic mass is 32.2. The van der Waals surface area contributed by atoms with E-state index in [0.717, 1.165) is 38.9 Å². The van der Waals surface area contributed by atoms with Crippen molar-refractivity contribution in [3.8, 4) is 34.1 Å². The number of aromatic nitrogens is 2. The van der Waals surface area contributed by atoms with Crippen LogP contribution in [-0.2, 0) is 0 Å². The lowest BCUT2D eigenvalue weighted by Gasteiger charge is -2.18. The minimum absolute atomic E-state index is 0.0794. The van der Waals surface area contributed by atoms with Gasteiger partial charge in [0.15, 0.2) is 0 Å². The van der Waals surface area contributed by atoms with Crippen molar-refractivity contribution in [3.63, 3.8) is 0 Å². The molecule has 1 aliphatic rings. The zero-order valence-corrected chi connectivity index (χ0v) is 23.5. The van der Waals surface area contributed by atoms with Crippen LogP contribution >= 0.6 is 11.6 Å². The maximum Gasteiger partial charge on any atom is 0.467 e. The van der Waals surface area contributed by atoms with Gasteiger partial charge in [0.2, 0.25) is 0 Å². The van der Waals surface area contributed by atoms with E-state index in [9.17, 15) is 0 Å². The first kappa shape index (κ1) is 25.4. The molecule has 4 nitrogen and oxygen atoms in total. The third-order valence-corrected chi connectivity index (χ3v) is 8.18. The number of para-hydroxylation sites is 1. The van der Waals surface area contributed by atoms with Gasteiger partial charge in [-0.3, -0.25) is 0 Å². The molecule has 1 aliphatic heterocycles. The van der Waals surface area contributed by atoms with Gasteiger partial charge in [-0.25, -0.2) is 4.68 Å². The Morgan fingerprint density at radius 2 is 1.49 bits per heavy atom. The Labute approximate surface area is 235 Å². The van der Waals surface area contributed by atoms with E-state index in [1.54, 1.807) is 11.6 Å². The molecule has 0 saturated carbocycles. The molecule has 4 aromatic carbocycles. The van der Waals surface area contributed by atoms with Crippen LogP contribution in [0.3, 0.4) is 0 Å². The monoisotopic (exact) mass is 530 g/mol. The Morgan fingerprint density at radius 1 is 0.795 bits per heavy atom. The number of rotatable bonds is 7. The average molecular weight is 531 g/mol. The highest BCUT2D eigenvalue weighted by Crippen LogP contribution is 2.39. The van der Waals surface area contributed by atoms with Gasteiger partial charge in [0.1, 0.15) is 17.2 Å². The van der Waals surface area contributed by atoms with Crippen molar-refractivity contribution in [1.29, 1.82) is 0 Å². The van der Waals surface area contributed by atoms with Crippen molar-refractivity contribution in [1.82, 2.24) is 9.78 Å². The molecule has 6 rings (SSSR count). The van der Waals surface area contributed by atoms with E-state index in [2.05, 4.69) is 76.4 Å². The first-order valence-electron chi connectivity index (χ1n) is 13.4. The minimum Gasteiger partial charge on any atom is -0.546 e. The van der Waals surface area contributed by atoms with Crippen molar-refractivity contribution in [2.45, 2.75) is 44.4 Å². The van der Waals surface area contributed by atoms with E-state index in [0.29, 0.717) is 11.8 Å². The van der Waals surface area contributed by atoms with Crippen LogP contribution < -0.4 is 14.9 Å². The molecule has 0 unspecified atom stereocenters.